The first-order valence-corrected chi connectivity index (χ1v) is 5.14. The van der Waals surface area contributed by atoms with Crippen LogP contribution >= 0.6 is 0 Å². The summed E-state index contributed by atoms with van der Waals surface area (Å²) in [4.78, 5) is 10.9. The van der Waals surface area contributed by atoms with E-state index in [-0.39, 0.29) is 11.4 Å². The minimum Gasteiger partial charge on any atom is -0.375 e. The highest BCUT2D eigenvalue weighted by Crippen LogP contribution is 2.46. The molecule has 3 nitrogen and oxygen atoms in total. The Morgan fingerprint density at radius 2 is 2.31 bits per heavy atom. The van der Waals surface area contributed by atoms with Gasteiger partial charge in [0, 0.05) is 12.3 Å². The number of nitrogens with one attached hydrogen (secondary N) is 1. The van der Waals surface area contributed by atoms with Crippen LogP contribution in [0.3, 0.4) is 0 Å². The molecule has 3 rings (SSSR count). The molecule has 13 heavy (non-hydrogen) atoms. The van der Waals surface area contributed by atoms with E-state index in [1.54, 1.807) is 0 Å². The SMILES string of the molecule is CC1(C2CC3CCC2O3)CC(=O)N1. The zero-order valence-electron chi connectivity index (χ0n) is 7.88. The van der Waals surface area contributed by atoms with E-state index in [0.29, 0.717) is 24.5 Å². The summed E-state index contributed by atoms with van der Waals surface area (Å²) in [5, 5.41) is 3.03. The lowest BCUT2D eigenvalue weighted by Crippen LogP contribution is -2.64. The van der Waals surface area contributed by atoms with Crippen LogP contribution in [0.15, 0.2) is 0 Å². The van der Waals surface area contributed by atoms with Crippen LogP contribution < -0.4 is 5.32 Å². The molecule has 72 valence electrons. The lowest BCUT2D eigenvalue weighted by Gasteiger charge is -2.45. The van der Waals surface area contributed by atoms with Crippen molar-refractivity contribution >= 4 is 5.91 Å². The molecule has 0 spiro atoms. The molecule has 4 atom stereocenters. The van der Waals surface area contributed by atoms with Gasteiger partial charge in [0.05, 0.1) is 17.7 Å². The van der Waals surface area contributed by atoms with Crippen LogP contribution in [0.2, 0.25) is 0 Å². The van der Waals surface area contributed by atoms with E-state index in [4.69, 9.17) is 4.74 Å². The summed E-state index contributed by atoms with van der Waals surface area (Å²) in [6.07, 6.45) is 5.19. The highest BCUT2D eigenvalue weighted by atomic mass is 16.5. The summed E-state index contributed by atoms with van der Waals surface area (Å²) in [5.41, 5.74) is 0.0525. The van der Waals surface area contributed by atoms with E-state index in [1.165, 1.54) is 12.8 Å². The van der Waals surface area contributed by atoms with Crippen molar-refractivity contribution in [3.63, 3.8) is 0 Å². The molecular weight excluding hydrogens is 166 g/mol. The fourth-order valence-electron chi connectivity index (χ4n) is 3.17. The molecule has 0 saturated carbocycles. The van der Waals surface area contributed by atoms with Gasteiger partial charge in [-0.2, -0.15) is 0 Å². The fourth-order valence-corrected chi connectivity index (χ4v) is 3.17. The maximum absolute atomic E-state index is 10.9. The lowest BCUT2D eigenvalue weighted by molar-refractivity contribution is -0.135. The summed E-state index contributed by atoms with van der Waals surface area (Å²) < 4.78 is 5.79. The molecule has 3 aliphatic heterocycles. The molecule has 2 bridgehead atoms. The molecule has 3 heteroatoms. The molecule has 0 aromatic carbocycles. The molecular formula is C10H15NO2. The molecule has 0 aromatic rings. The Hall–Kier alpha value is -0.570. The van der Waals surface area contributed by atoms with Gasteiger partial charge in [-0.15, -0.1) is 0 Å². The van der Waals surface area contributed by atoms with Crippen molar-refractivity contribution in [3.8, 4) is 0 Å². The molecule has 1 amide bonds. The van der Waals surface area contributed by atoms with Gasteiger partial charge in [-0.25, -0.2) is 0 Å². The van der Waals surface area contributed by atoms with E-state index in [1.807, 2.05) is 0 Å². The third kappa shape index (κ3) is 0.966. The van der Waals surface area contributed by atoms with E-state index in [2.05, 4.69) is 12.2 Å². The van der Waals surface area contributed by atoms with Crippen molar-refractivity contribution in [3.05, 3.63) is 0 Å². The summed E-state index contributed by atoms with van der Waals surface area (Å²) in [5.74, 6) is 0.772. The van der Waals surface area contributed by atoms with E-state index in [0.717, 1.165) is 6.42 Å². The second-order valence-electron chi connectivity index (χ2n) is 4.86. The number of ether oxygens (including phenoxy) is 1. The largest absolute Gasteiger partial charge is 0.375 e. The Balaban J connectivity index is 1.76. The predicted octanol–water partition coefficient (Wildman–Crippen LogP) is 0.833. The van der Waals surface area contributed by atoms with Crippen molar-refractivity contribution in [2.45, 2.75) is 50.4 Å². The van der Waals surface area contributed by atoms with Crippen LogP contribution in [0, 0.1) is 5.92 Å². The van der Waals surface area contributed by atoms with Crippen molar-refractivity contribution in [1.29, 1.82) is 0 Å². The molecule has 1 N–H and O–H groups in total. The molecule has 0 aliphatic carbocycles. The smallest absolute Gasteiger partial charge is 0.222 e. The predicted molar refractivity (Wildman–Crippen MR) is 47.2 cm³/mol. The fraction of sp³-hybridized carbons (Fsp3) is 0.900. The highest BCUT2D eigenvalue weighted by Gasteiger charge is 2.54. The number of β-lactam (4-membered cyclic amide) rings is 1. The minimum atomic E-state index is 0.0525. The van der Waals surface area contributed by atoms with Crippen molar-refractivity contribution < 1.29 is 9.53 Å². The van der Waals surface area contributed by atoms with Crippen molar-refractivity contribution in [2.24, 2.45) is 5.92 Å². The Kier molecular flexibility index (Phi) is 1.36. The Morgan fingerprint density at radius 1 is 1.54 bits per heavy atom. The van der Waals surface area contributed by atoms with E-state index < -0.39 is 0 Å². The molecule has 3 aliphatic rings. The summed E-state index contributed by atoms with van der Waals surface area (Å²) >= 11 is 0. The Morgan fingerprint density at radius 3 is 2.77 bits per heavy atom. The number of carbonyl (C=O) groups excluding carboxylic acids is 1. The van der Waals surface area contributed by atoms with Crippen molar-refractivity contribution in [1.82, 2.24) is 5.32 Å². The van der Waals surface area contributed by atoms with E-state index in [9.17, 15) is 4.79 Å². The second kappa shape index (κ2) is 2.27. The maximum Gasteiger partial charge on any atom is 0.222 e. The maximum atomic E-state index is 10.9. The highest BCUT2D eigenvalue weighted by molar-refractivity contribution is 5.84. The quantitative estimate of drug-likeness (QED) is 0.608. The molecule has 4 unspecified atom stereocenters. The topological polar surface area (TPSA) is 38.3 Å². The average Bonchev–Trinajstić information content (AvgIpc) is 2.60. The first-order chi connectivity index (χ1) is 6.17. The molecule has 3 fully saturated rings. The van der Waals surface area contributed by atoms with Crippen LogP contribution in [0.1, 0.15) is 32.6 Å². The van der Waals surface area contributed by atoms with Crippen LogP contribution in [0.5, 0.6) is 0 Å². The second-order valence-corrected chi connectivity index (χ2v) is 4.86. The molecule has 0 aromatic heterocycles. The number of rotatable bonds is 1. The van der Waals surface area contributed by atoms with Gasteiger partial charge >= 0.3 is 0 Å². The third-order valence-corrected chi connectivity index (χ3v) is 3.88. The zero-order valence-corrected chi connectivity index (χ0v) is 7.88. The van der Waals surface area contributed by atoms with Gasteiger partial charge in [-0.1, -0.05) is 0 Å². The first-order valence-electron chi connectivity index (χ1n) is 5.14. The number of amides is 1. The molecule has 3 saturated heterocycles. The van der Waals surface area contributed by atoms with Gasteiger partial charge in [-0.3, -0.25) is 4.79 Å². The van der Waals surface area contributed by atoms with Gasteiger partial charge in [0.15, 0.2) is 0 Å². The molecule has 3 heterocycles. The number of hydrogen-bond donors (Lipinski definition) is 1. The van der Waals surface area contributed by atoms with Gasteiger partial charge < -0.3 is 10.1 Å². The lowest BCUT2D eigenvalue weighted by atomic mass is 9.70. The van der Waals surface area contributed by atoms with Crippen LogP contribution in [-0.4, -0.2) is 23.7 Å². The average molecular weight is 181 g/mol. The summed E-state index contributed by atoms with van der Waals surface area (Å²) in [6, 6.07) is 0. The van der Waals surface area contributed by atoms with Gasteiger partial charge in [0.2, 0.25) is 5.91 Å². The monoisotopic (exact) mass is 181 g/mol. The minimum absolute atomic E-state index is 0.0525. The summed E-state index contributed by atoms with van der Waals surface area (Å²) in [7, 11) is 0. The van der Waals surface area contributed by atoms with Crippen LogP contribution in [0.25, 0.3) is 0 Å². The Labute approximate surface area is 77.8 Å². The number of fused-ring (bicyclic) bond motifs is 2. The van der Waals surface area contributed by atoms with Crippen LogP contribution in [0.4, 0.5) is 0 Å². The first kappa shape index (κ1) is 7.80. The number of hydrogen-bond acceptors (Lipinski definition) is 2. The van der Waals surface area contributed by atoms with Crippen LogP contribution in [-0.2, 0) is 9.53 Å². The summed E-state index contributed by atoms with van der Waals surface area (Å²) in [6.45, 7) is 2.16. The Bertz CT molecular complexity index is 256. The van der Waals surface area contributed by atoms with Crippen molar-refractivity contribution in [2.75, 3.05) is 0 Å². The normalized spacial score (nSPS) is 53.3. The van der Waals surface area contributed by atoms with Gasteiger partial charge in [0.25, 0.3) is 0 Å². The molecule has 0 radical (unpaired) electrons. The zero-order chi connectivity index (χ0) is 9.05. The third-order valence-electron chi connectivity index (χ3n) is 3.88. The number of carbonyl (C=O) groups is 1. The van der Waals surface area contributed by atoms with Gasteiger partial charge in [-0.05, 0) is 26.2 Å². The van der Waals surface area contributed by atoms with E-state index >= 15 is 0 Å². The van der Waals surface area contributed by atoms with Gasteiger partial charge in [0.1, 0.15) is 0 Å². The standard InChI is InChI=1S/C10H15NO2/c1-10(5-9(12)11-10)7-4-6-2-3-8(7)13-6/h6-8H,2-5H2,1H3,(H,11,12).